The number of nitrogens with zero attached hydrogens (tertiary/aromatic N) is 2. The molecular formula is C39H44BrN3O5S2. The fourth-order valence-electron chi connectivity index (χ4n) is 6.21. The molecule has 0 unspecified atom stereocenters. The lowest BCUT2D eigenvalue weighted by Crippen LogP contribution is -2.55. The van der Waals surface area contributed by atoms with E-state index in [1.807, 2.05) is 67.8 Å². The summed E-state index contributed by atoms with van der Waals surface area (Å²) in [6.07, 6.45) is 7.20. The first-order valence-electron chi connectivity index (χ1n) is 17.0. The van der Waals surface area contributed by atoms with Gasteiger partial charge in [0, 0.05) is 28.4 Å². The van der Waals surface area contributed by atoms with Gasteiger partial charge in [-0.1, -0.05) is 77.7 Å². The molecule has 0 spiro atoms. The van der Waals surface area contributed by atoms with Crippen molar-refractivity contribution >= 4 is 55.2 Å². The van der Waals surface area contributed by atoms with Crippen molar-refractivity contribution in [1.82, 2.24) is 10.2 Å². The van der Waals surface area contributed by atoms with Gasteiger partial charge in [0.25, 0.3) is 10.0 Å². The van der Waals surface area contributed by atoms with Crippen molar-refractivity contribution in [3.63, 3.8) is 0 Å². The molecule has 1 saturated carbocycles. The molecule has 0 aliphatic heterocycles. The molecule has 0 aromatic heterocycles. The van der Waals surface area contributed by atoms with Gasteiger partial charge in [-0.2, -0.15) is 0 Å². The Morgan fingerprint density at radius 1 is 0.900 bits per heavy atom. The highest BCUT2D eigenvalue weighted by Crippen LogP contribution is 2.29. The molecule has 11 heteroatoms. The zero-order chi connectivity index (χ0) is 35.5. The molecule has 1 atom stereocenters. The van der Waals surface area contributed by atoms with Crippen molar-refractivity contribution in [1.29, 1.82) is 0 Å². The fourth-order valence-corrected chi connectivity index (χ4v) is 8.48. The third kappa shape index (κ3) is 9.92. The summed E-state index contributed by atoms with van der Waals surface area (Å²) < 4.78 is 36.4. The summed E-state index contributed by atoms with van der Waals surface area (Å²) in [5.74, 6) is -0.155. The van der Waals surface area contributed by atoms with E-state index in [4.69, 9.17) is 4.74 Å². The first kappa shape index (κ1) is 37.5. The maximum atomic E-state index is 14.8. The molecular weight excluding hydrogens is 734 g/mol. The van der Waals surface area contributed by atoms with E-state index in [0.29, 0.717) is 18.0 Å². The van der Waals surface area contributed by atoms with Crippen molar-refractivity contribution in [3.05, 3.63) is 119 Å². The number of anilines is 1. The highest BCUT2D eigenvalue weighted by Gasteiger charge is 2.35. The van der Waals surface area contributed by atoms with Crippen LogP contribution in [0, 0.1) is 0 Å². The van der Waals surface area contributed by atoms with Crippen molar-refractivity contribution in [3.8, 4) is 5.75 Å². The molecule has 1 aliphatic rings. The monoisotopic (exact) mass is 777 g/mol. The van der Waals surface area contributed by atoms with E-state index < -0.39 is 28.5 Å². The summed E-state index contributed by atoms with van der Waals surface area (Å²) in [5, 5.41) is 3.25. The lowest BCUT2D eigenvalue weighted by molar-refractivity contribution is -0.140. The van der Waals surface area contributed by atoms with E-state index in [1.165, 1.54) is 11.8 Å². The average Bonchev–Trinajstić information content (AvgIpc) is 3.13. The fraction of sp³-hybridized carbons (Fsp3) is 0.333. The summed E-state index contributed by atoms with van der Waals surface area (Å²) in [4.78, 5) is 31.6. The molecule has 4 aromatic rings. The maximum absolute atomic E-state index is 14.8. The summed E-state index contributed by atoms with van der Waals surface area (Å²) in [6, 6.07) is 29.6. The van der Waals surface area contributed by atoms with Crippen LogP contribution in [0.3, 0.4) is 0 Å². The van der Waals surface area contributed by atoms with E-state index >= 15 is 0 Å². The minimum absolute atomic E-state index is 0.0299. The van der Waals surface area contributed by atoms with Gasteiger partial charge in [0.15, 0.2) is 0 Å². The number of carbonyl (C=O) groups excluding carboxylic acids is 2. The van der Waals surface area contributed by atoms with Crippen LogP contribution in [0.2, 0.25) is 0 Å². The van der Waals surface area contributed by atoms with E-state index in [-0.39, 0.29) is 29.8 Å². The number of thioether (sulfide) groups is 1. The Morgan fingerprint density at radius 2 is 1.58 bits per heavy atom. The van der Waals surface area contributed by atoms with Gasteiger partial charge in [0.05, 0.1) is 17.2 Å². The molecule has 0 radical (unpaired) electrons. The van der Waals surface area contributed by atoms with Crippen LogP contribution >= 0.6 is 27.7 Å². The third-order valence-electron chi connectivity index (χ3n) is 8.83. The van der Waals surface area contributed by atoms with Crippen LogP contribution in [0.4, 0.5) is 5.69 Å². The largest absolute Gasteiger partial charge is 0.494 e. The van der Waals surface area contributed by atoms with Crippen LogP contribution in [-0.4, -0.2) is 56.6 Å². The highest BCUT2D eigenvalue weighted by molar-refractivity contribution is 9.10. The average molecular weight is 779 g/mol. The first-order chi connectivity index (χ1) is 24.2. The van der Waals surface area contributed by atoms with Crippen LogP contribution in [0.25, 0.3) is 0 Å². The van der Waals surface area contributed by atoms with Gasteiger partial charge < -0.3 is 15.0 Å². The standard InChI is InChI=1S/C39H44BrN3O5S2/c1-3-48-34-19-17-33(18-20-34)43(50(46,47)36-23-21-35(49-2)22-24-36)28-38(44)42(27-30-13-10-14-31(40)25-30)37(26-29-11-6-4-7-12-29)39(45)41-32-15-8-5-9-16-32/h4,6-7,10-14,17-25,32,37H,3,5,8-9,15-16,26-28H2,1-2H3,(H,41,45)/t37-/m1/s1. The Morgan fingerprint density at radius 3 is 2.22 bits per heavy atom. The molecule has 8 nitrogen and oxygen atoms in total. The number of hydrogen-bond donors (Lipinski definition) is 1. The zero-order valence-corrected chi connectivity index (χ0v) is 31.7. The number of ether oxygens (including phenoxy) is 1. The Bertz CT molecular complexity index is 1820. The summed E-state index contributed by atoms with van der Waals surface area (Å²) in [5.41, 5.74) is 2.01. The molecule has 5 rings (SSSR count). The number of sulfonamides is 1. The van der Waals surface area contributed by atoms with Gasteiger partial charge in [-0.25, -0.2) is 8.42 Å². The van der Waals surface area contributed by atoms with Gasteiger partial charge in [0.1, 0.15) is 18.3 Å². The predicted molar refractivity (Wildman–Crippen MR) is 204 cm³/mol. The molecule has 1 fully saturated rings. The van der Waals surface area contributed by atoms with E-state index in [2.05, 4.69) is 21.2 Å². The van der Waals surface area contributed by atoms with Crippen LogP contribution in [0.1, 0.15) is 50.2 Å². The van der Waals surface area contributed by atoms with Crippen LogP contribution in [0.15, 0.2) is 117 Å². The van der Waals surface area contributed by atoms with Gasteiger partial charge in [-0.05, 0) is 97.8 Å². The van der Waals surface area contributed by atoms with Crippen molar-refractivity contribution < 1.29 is 22.7 Å². The quantitative estimate of drug-likeness (QED) is 0.124. The van der Waals surface area contributed by atoms with E-state index in [1.54, 1.807) is 53.4 Å². The molecule has 264 valence electrons. The maximum Gasteiger partial charge on any atom is 0.264 e. The molecule has 1 N–H and O–H groups in total. The number of carbonyl (C=O) groups is 2. The topological polar surface area (TPSA) is 96.0 Å². The Hall–Kier alpha value is -3.80. The van der Waals surface area contributed by atoms with Gasteiger partial charge in [-0.15, -0.1) is 11.8 Å². The number of hydrogen-bond acceptors (Lipinski definition) is 6. The van der Waals surface area contributed by atoms with E-state index in [9.17, 15) is 18.0 Å². The smallest absolute Gasteiger partial charge is 0.264 e. The highest BCUT2D eigenvalue weighted by atomic mass is 79.9. The third-order valence-corrected chi connectivity index (χ3v) is 11.9. The molecule has 0 bridgehead atoms. The molecule has 2 amide bonds. The van der Waals surface area contributed by atoms with Crippen LogP contribution < -0.4 is 14.4 Å². The van der Waals surface area contributed by atoms with Gasteiger partial charge >= 0.3 is 0 Å². The van der Waals surface area contributed by atoms with Crippen LogP contribution in [-0.2, 0) is 32.6 Å². The molecule has 0 heterocycles. The lowest BCUT2D eigenvalue weighted by atomic mass is 9.94. The van der Waals surface area contributed by atoms with Gasteiger partial charge in [0.2, 0.25) is 11.8 Å². The Labute approximate surface area is 308 Å². The molecule has 0 saturated heterocycles. The summed E-state index contributed by atoms with van der Waals surface area (Å²) >= 11 is 5.05. The van der Waals surface area contributed by atoms with Gasteiger partial charge in [-0.3, -0.25) is 13.9 Å². The normalized spacial score (nSPS) is 14.1. The molecule has 1 aliphatic carbocycles. The Kier molecular flexibility index (Phi) is 13.4. The number of benzene rings is 4. The number of amides is 2. The van der Waals surface area contributed by atoms with Crippen LogP contribution in [0.5, 0.6) is 5.75 Å². The number of halogens is 1. The van der Waals surface area contributed by atoms with Crippen molar-refractivity contribution in [2.24, 2.45) is 0 Å². The SMILES string of the molecule is CCOc1ccc(N(CC(=O)N(Cc2cccc(Br)c2)[C@H](Cc2ccccc2)C(=O)NC2CCCCC2)S(=O)(=O)c2ccc(SC)cc2)cc1. The summed E-state index contributed by atoms with van der Waals surface area (Å²) in [6.45, 7) is 1.92. The minimum Gasteiger partial charge on any atom is -0.494 e. The molecule has 4 aromatic carbocycles. The Balaban J connectivity index is 1.56. The second-order valence-electron chi connectivity index (χ2n) is 12.3. The number of rotatable bonds is 15. The van der Waals surface area contributed by atoms with Crippen molar-refractivity contribution in [2.45, 2.75) is 73.9 Å². The zero-order valence-electron chi connectivity index (χ0n) is 28.5. The van der Waals surface area contributed by atoms with E-state index in [0.717, 1.165) is 56.9 Å². The molecule has 50 heavy (non-hydrogen) atoms. The minimum atomic E-state index is -4.21. The first-order valence-corrected chi connectivity index (χ1v) is 20.4. The van der Waals surface area contributed by atoms with Crippen molar-refractivity contribution in [2.75, 3.05) is 23.7 Å². The second-order valence-corrected chi connectivity index (χ2v) is 16.0. The lowest BCUT2D eigenvalue weighted by Gasteiger charge is -2.35. The summed E-state index contributed by atoms with van der Waals surface area (Å²) in [7, 11) is -4.21. The second kappa shape index (κ2) is 17.9. The predicted octanol–water partition coefficient (Wildman–Crippen LogP) is 7.85. The number of nitrogens with one attached hydrogen (secondary N) is 1.